The lowest BCUT2D eigenvalue weighted by molar-refractivity contribution is 0.0940. The van der Waals surface area contributed by atoms with Crippen LogP contribution in [0.4, 0.5) is 11.4 Å². The lowest BCUT2D eigenvalue weighted by Gasteiger charge is -2.16. The Morgan fingerprint density at radius 1 is 0.925 bits per heavy atom. The zero-order valence-electron chi connectivity index (χ0n) is 22.0. The monoisotopic (exact) mass is 550 g/mol. The molecule has 5 rings (SSSR count). The minimum Gasteiger partial charge on any atom is -0.453 e. The van der Waals surface area contributed by atoms with Crippen LogP contribution in [0.5, 0.6) is 11.5 Å². The maximum absolute atomic E-state index is 13.7. The first-order valence-electron chi connectivity index (χ1n) is 12.7. The summed E-state index contributed by atoms with van der Waals surface area (Å²) in [4.78, 5) is 26.8. The molecule has 1 atom stereocenters. The number of hydrogen-bond donors (Lipinski definition) is 2. The smallest absolute Gasteiger partial charge is 0.299 e. The SMILES string of the molecule is Cc1cccc(-n2ncc(Oc3cccc(Cl)c3)c(Nc3cccc(C(=O)N[C@@H](C)c4ccccc4)c3)c2=O)c1. The first-order valence-corrected chi connectivity index (χ1v) is 13.1. The summed E-state index contributed by atoms with van der Waals surface area (Å²) in [7, 11) is 0. The molecular weight excluding hydrogens is 524 g/mol. The summed E-state index contributed by atoms with van der Waals surface area (Å²) in [5.41, 5.74) is 3.33. The van der Waals surface area contributed by atoms with Gasteiger partial charge >= 0.3 is 0 Å². The molecule has 2 N–H and O–H groups in total. The second-order valence-electron chi connectivity index (χ2n) is 9.31. The molecule has 40 heavy (non-hydrogen) atoms. The summed E-state index contributed by atoms with van der Waals surface area (Å²) < 4.78 is 7.34. The molecule has 200 valence electrons. The van der Waals surface area contributed by atoms with Crippen LogP contribution >= 0.6 is 11.6 Å². The number of rotatable bonds is 8. The van der Waals surface area contributed by atoms with Crippen molar-refractivity contribution in [3.63, 3.8) is 0 Å². The third-order valence-electron chi connectivity index (χ3n) is 6.25. The van der Waals surface area contributed by atoms with Gasteiger partial charge in [-0.25, -0.2) is 0 Å². The van der Waals surface area contributed by atoms with Crippen LogP contribution in [0.3, 0.4) is 0 Å². The van der Waals surface area contributed by atoms with Gasteiger partial charge in [0.25, 0.3) is 11.5 Å². The van der Waals surface area contributed by atoms with E-state index < -0.39 is 5.56 Å². The average Bonchev–Trinajstić information content (AvgIpc) is 2.95. The molecule has 0 aliphatic rings. The maximum Gasteiger partial charge on any atom is 0.299 e. The molecule has 0 aliphatic heterocycles. The predicted octanol–water partition coefficient (Wildman–Crippen LogP) is 7.22. The molecule has 0 saturated carbocycles. The van der Waals surface area contributed by atoms with Crippen molar-refractivity contribution in [3.8, 4) is 17.2 Å². The molecule has 0 saturated heterocycles. The van der Waals surface area contributed by atoms with Gasteiger partial charge in [-0.1, -0.05) is 66.2 Å². The summed E-state index contributed by atoms with van der Waals surface area (Å²) >= 11 is 6.14. The Labute approximate surface area is 237 Å². The quantitative estimate of drug-likeness (QED) is 0.213. The van der Waals surface area contributed by atoms with Gasteiger partial charge in [0.15, 0.2) is 11.4 Å². The lowest BCUT2D eigenvalue weighted by atomic mass is 10.1. The molecule has 0 unspecified atom stereocenters. The number of hydrogen-bond acceptors (Lipinski definition) is 5. The Hall–Kier alpha value is -4.88. The van der Waals surface area contributed by atoms with Gasteiger partial charge in [-0.2, -0.15) is 9.78 Å². The summed E-state index contributed by atoms with van der Waals surface area (Å²) in [5, 5.41) is 11.0. The Balaban J connectivity index is 1.48. The normalized spacial score (nSPS) is 11.5. The van der Waals surface area contributed by atoms with Crippen molar-refractivity contribution in [1.29, 1.82) is 0 Å². The number of aryl methyl sites for hydroxylation is 1. The Kier molecular flexibility index (Phi) is 7.94. The first-order chi connectivity index (χ1) is 19.4. The molecule has 4 aromatic carbocycles. The number of nitrogens with one attached hydrogen (secondary N) is 2. The second-order valence-corrected chi connectivity index (χ2v) is 9.75. The largest absolute Gasteiger partial charge is 0.453 e. The summed E-state index contributed by atoms with van der Waals surface area (Å²) in [6.07, 6.45) is 1.48. The maximum atomic E-state index is 13.7. The van der Waals surface area contributed by atoms with Gasteiger partial charge in [-0.05, 0) is 73.5 Å². The highest BCUT2D eigenvalue weighted by Gasteiger charge is 2.17. The van der Waals surface area contributed by atoms with Gasteiger partial charge in [-0.15, -0.1) is 0 Å². The molecular formula is C32H27ClN4O3. The molecule has 0 radical (unpaired) electrons. The third-order valence-corrected chi connectivity index (χ3v) is 6.49. The Morgan fingerprint density at radius 2 is 1.70 bits per heavy atom. The third kappa shape index (κ3) is 6.22. The standard InChI is InChI=1S/C32H27ClN4O3/c1-21-9-6-15-27(17-21)37-32(39)30(29(20-34-37)40-28-16-8-13-25(33)19-28)36-26-14-7-12-24(18-26)31(38)35-22(2)23-10-4-3-5-11-23/h3-20,22,36H,1-2H3,(H,35,38)/t22-/m0/s1. The van der Waals surface area contributed by atoms with Crippen LogP contribution < -0.4 is 20.9 Å². The van der Waals surface area contributed by atoms with Crippen molar-refractivity contribution in [2.75, 3.05) is 5.32 Å². The lowest BCUT2D eigenvalue weighted by Crippen LogP contribution is -2.26. The number of anilines is 2. The number of carbonyl (C=O) groups excluding carboxylic acids is 1. The molecule has 0 aliphatic carbocycles. The highest BCUT2D eigenvalue weighted by Crippen LogP contribution is 2.30. The van der Waals surface area contributed by atoms with E-state index in [0.717, 1.165) is 11.1 Å². The van der Waals surface area contributed by atoms with Crippen LogP contribution in [0.1, 0.15) is 34.5 Å². The zero-order chi connectivity index (χ0) is 28.1. The van der Waals surface area contributed by atoms with Gasteiger partial charge in [0.1, 0.15) is 5.75 Å². The van der Waals surface area contributed by atoms with Crippen LogP contribution in [0.25, 0.3) is 5.69 Å². The van der Waals surface area contributed by atoms with Gasteiger partial charge < -0.3 is 15.4 Å². The van der Waals surface area contributed by atoms with Crippen molar-refractivity contribution >= 4 is 28.9 Å². The highest BCUT2D eigenvalue weighted by molar-refractivity contribution is 6.30. The molecule has 1 aromatic heterocycles. The van der Waals surface area contributed by atoms with Crippen LogP contribution in [0.2, 0.25) is 5.02 Å². The molecule has 1 heterocycles. The van der Waals surface area contributed by atoms with Gasteiger partial charge in [0, 0.05) is 16.3 Å². The van der Waals surface area contributed by atoms with E-state index in [4.69, 9.17) is 16.3 Å². The first kappa shape index (κ1) is 26.7. The van der Waals surface area contributed by atoms with Crippen LogP contribution in [0.15, 0.2) is 114 Å². The van der Waals surface area contributed by atoms with Gasteiger partial charge in [0.2, 0.25) is 0 Å². The van der Waals surface area contributed by atoms with E-state index in [9.17, 15) is 9.59 Å². The number of halogens is 1. The molecule has 5 aromatic rings. The van der Waals surface area contributed by atoms with Crippen molar-refractivity contribution in [1.82, 2.24) is 15.1 Å². The molecule has 0 fully saturated rings. The van der Waals surface area contributed by atoms with Gasteiger partial charge in [0.05, 0.1) is 17.9 Å². The predicted molar refractivity (Wildman–Crippen MR) is 158 cm³/mol. The van der Waals surface area contributed by atoms with Crippen LogP contribution in [-0.4, -0.2) is 15.7 Å². The molecule has 7 nitrogen and oxygen atoms in total. The number of nitrogens with zero attached hydrogens (tertiary/aromatic N) is 2. The van der Waals surface area contributed by atoms with E-state index in [-0.39, 0.29) is 23.4 Å². The number of benzene rings is 4. The topological polar surface area (TPSA) is 85.2 Å². The summed E-state index contributed by atoms with van der Waals surface area (Å²) in [5.74, 6) is 0.430. The van der Waals surface area contributed by atoms with Crippen molar-refractivity contribution in [2.24, 2.45) is 0 Å². The fraction of sp³-hybridized carbons (Fsp3) is 0.0938. The molecule has 8 heteroatoms. The average molecular weight is 551 g/mol. The molecule has 0 bridgehead atoms. The van der Waals surface area contributed by atoms with Crippen molar-refractivity contribution < 1.29 is 9.53 Å². The number of aromatic nitrogens is 2. The van der Waals surface area contributed by atoms with E-state index >= 15 is 0 Å². The van der Waals surface area contributed by atoms with Crippen LogP contribution in [0, 0.1) is 6.92 Å². The fourth-order valence-electron chi connectivity index (χ4n) is 4.22. The van der Waals surface area contributed by atoms with E-state index in [0.29, 0.717) is 27.7 Å². The number of amides is 1. The van der Waals surface area contributed by atoms with Crippen LogP contribution in [-0.2, 0) is 0 Å². The summed E-state index contributed by atoms with van der Waals surface area (Å²) in [6.45, 7) is 3.87. The summed E-state index contributed by atoms with van der Waals surface area (Å²) in [6, 6.07) is 30.8. The minimum atomic E-state index is -0.419. The Bertz CT molecular complexity index is 1720. The second kappa shape index (κ2) is 11.9. The van der Waals surface area contributed by atoms with Crippen molar-refractivity contribution in [2.45, 2.75) is 19.9 Å². The zero-order valence-corrected chi connectivity index (χ0v) is 22.7. The van der Waals surface area contributed by atoms with E-state index in [1.54, 1.807) is 48.5 Å². The number of ether oxygens (including phenoxy) is 1. The van der Waals surface area contributed by atoms with Crippen molar-refractivity contribution in [3.05, 3.63) is 141 Å². The fourth-order valence-corrected chi connectivity index (χ4v) is 4.40. The molecule has 1 amide bonds. The highest BCUT2D eigenvalue weighted by atomic mass is 35.5. The van der Waals surface area contributed by atoms with E-state index in [1.165, 1.54) is 10.9 Å². The minimum absolute atomic E-state index is 0.159. The van der Waals surface area contributed by atoms with E-state index in [1.807, 2.05) is 68.4 Å². The molecule has 0 spiro atoms. The Morgan fingerprint density at radius 3 is 2.48 bits per heavy atom. The number of carbonyl (C=O) groups is 1. The van der Waals surface area contributed by atoms with Gasteiger partial charge in [-0.3, -0.25) is 9.59 Å². The van der Waals surface area contributed by atoms with E-state index in [2.05, 4.69) is 15.7 Å².